The van der Waals surface area contributed by atoms with Gasteiger partial charge in [0, 0.05) is 12.1 Å². The van der Waals surface area contributed by atoms with E-state index in [2.05, 4.69) is 24.1 Å². The summed E-state index contributed by atoms with van der Waals surface area (Å²) in [5, 5.41) is 0. The molecular formula is C16H26N2O. The third kappa shape index (κ3) is 3.48. The Kier molecular flexibility index (Phi) is 4.83. The number of benzene rings is 1. The maximum Gasteiger partial charge on any atom is 0.123 e. The molecule has 1 aliphatic rings. The SMILES string of the molecule is COc1ccccc1CN(C)CCC1(CN)CCC1. The summed E-state index contributed by atoms with van der Waals surface area (Å²) >= 11 is 0. The van der Waals surface area contributed by atoms with E-state index in [1.807, 2.05) is 12.1 Å². The van der Waals surface area contributed by atoms with E-state index in [1.165, 1.54) is 31.2 Å². The van der Waals surface area contributed by atoms with Crippen LogP contribution in [0.4, 0.5) is 0 Å². The van der Waals surface area contributed by atoms with Gasteiger partial charge in [-0.05, 0) is 50.9 Å². The lowest BCUT2D eigenvalue weighted by Crippen LogP contribution is -2.39. The molecule has 106 valence electrons. The van der Waals surface area contributed by atoms with Crippen LogP contribution in [0.3, 0.4) is 0 Å². The van der Waals surface area contributed by atoms with E-state index in [0.29, 0.717) is 5.41 Å². The number of rotatable bonds is 7. The van der Waals surface area contributed by atoms with E-state index in [-0.39, 0.29) is 0 Å². The van der Waals surface area contributed by atoms with Crippen LogP contribution in [0.15, 0.2) is 24.3 Å². The lowest BCUT2D eigenvalue weighted by Gasteiger charge is -2.42. The van der Waals surface area contributed by atoms with Crippen LogP contribution >= 0.6 is 0 Å². The first-order valence-electron chi connectivity index (χ1n) is 7.20. The highest BCUT2D eigenvalue weighted by molar-refractivity contribution is 5.32. The summed E-state index contributed by atoms with van der Waals surface area (Å²) in [6.45, 7) is 2.88. The maximum absolute atomic E-state index is 5.91. The molecule has 0 spiro atoms. The minimum absolute atomic E-state index is 0.440. The van der Waals surface area contributed by atoms with Crippen molar-refractivity contribution in [2.24, 2.45) is 11.1 Å². The number of hydrogen-bond acceptors (Lipinski definition) is 3. The number of methoxy groups -OCH3 is 1. The number of para-hydroxylation sites is 1. The fourth-order valence-electron chi connectivity index (χ4n) is 2.86. The van der Waals surface area contributed by atoms with Crippen molar-refractivity contribution in [1.29, 1.82) is 0 Å². The number of hydrogen-bond donors (Lipinski definition) is 1. The molecule has 0 heterocycles. The highest BCUT2D eigenvalue weighted by Crippen LogP contribution is 2.42. The van der Waals surface area contributed by atoms with Gasteiger partial charge in [0.2, 0.25) is 0 Å². The zero-order chi connectivity index (χ0) is 13.7. The largest absolute Gasteiger partial charge is 0.496 e. The van der Waals surface area contributed by atoms with E-state index < -0.39 is 0 Å². The summed E-state index contributed by atoms with van der Waals surface area (Å²) in [4.78, 5) is 2.37. The van der Waals surface area contributed by atoms with Crippen LogP contribution in [0, 0.1) is 5.41 Å². The molecule has 1 aromatic rings. The molecule has 1 aliphatic carbocycles. The molecule has 2 N–H and O–H groups in total. The first-order valence-corrected chi connectivity index (χ1v) is 7.20. The fourth-order valence-corrected chi connectivity index (χ4v) is 2.86. The predicted molar refractivity (Wildman–Crippen MR) is 79.3 cm³/mol. The molecule has 3 heteroatoms. The Morgan fingerprint density at radius 3 is 2.63 bits per heavy atom. The molecule has 2 rings (SSSR count). The Morgan fingerprint density at radius 2 is 2.05 bits per heavy atom. The quantitative estimate of drug-likeness (QED) is 0.821. The van der Waals surface area contributed by atoms with Crippen LogP contribution in [0.25, 0.3) is 0 Å². The molecule has 3 nitrogen and oxygen atoms in total. The molecule has 1 aromatic carbocycles. The van der Waals surface area contributed by atoms with Crippen LogP contribution in [-0.4, -0.2) is 32.1 Å². The summed E-state index contributed by atoms with van der Waals surface area (Å²) < 4.78 is 5.40. The number of nitrogens with zero attached hydrogens (tertiary/aromatic N) is 1. The van der Waals surface area contributed by atoms with Gasteiger partial charge >= 0.3 is 0 Å². The van der Waals surface area contributed by atoms with Crippen molar-refractivity contribution >= 4 is 0 Å². The average Bonchev–Trinajstić information content (AvgIpc) is 2.38. The van der Waals surface area contributed by atoms with Crippen LogP contribution in [0.1, 0.15) is 31.2 Å². The Balaban J connectivity index is 1.85. The van der Waals surface area contributed by atoms with Crippen LogP contribution < -0.4 is 10.5 Å². The van der Waals surface area contributed by atoms with E-state index in [1.54, 1.807) is 7.11 Å². The van der Waals surface area contributed by atoms with Crippen LogP contribution in [0.5, 0.6) is 5.75 Å². The van der Waals surface area contributed by atoms with Crippen molar-refractivity contribution in [2.75, 3.05) is 27.2 Å². The minimum Gasteiger partial charge on any atom is -0.496 e. The summed E-state index contributed by atoms with van der Waals surface area (Å²) in [6.07, 6.45) is 5.20. The molecule has 0 radical (unpaired) electrons. The Morgan fingerprint density at radius 1 is 1.32 bits per heavy atom. The summed E-state index contributed by atoms with van der Waals surface area (Å²) in [7, 11) is 3.91. The molecule has 0 atom stereocenters. The Hall–Kier alpha value is -1.06. The summed E-state index contributed by atoms with van der Waals surface area (Å²) in [6, 6.07) is 8.24. The topological polar surface area (TPSA) is 38.5 Å². The number of nitrogens with two attached hydrogens (primary N) is 1. The molecule has 0 aliphatic heterocycles. The summed E-state index contributed by atoms with van der Waals surface area (Å²) in [5.74, 6) is 0.978. The Labute approximate surface area is 116 Å². The van der Waals surface area contributed by atoms with Crippen molar-refractivity contribution in [3.05, 3.63) is 29.8 Å². The van der Waals surface area contributed by atoms with Crippen molar-refractivity contribution in [2.45, 2.75) is 32.2 Å². The van der Waals surface area contributed by atoms with Gasteiger partial charge in [-0.1, -0.05) is 24.6 Å². The molecule has 0 amide bonds. The van der Waals surface area contributed by atoms with Gasteiger partial charge in [-0.2, -0.15) is 0 Å². The molecule has 19 heavy (non-hydrogen) atoms. The maximum atomic E-state index is 5.91. The van der Waals surface area contributed by atoms with E-state index in [9.17, 15) is 0 Å². The molecule has 0 unspecified atom stereocenters. The van der Waals surface area contributed by atoms with Gasteiger partial charge in [0.1, 0.15) is 5.75 Å². The first-order chi connectivity index (χ1) is 9.19. The lowest BCUT2D eigenvalue weighted by molar-refractivity contribution is 0.110. The molecule has 1 saturated carbocycles. The van der Waals surface area contributed by atoms with E-state index >= 15 is 0 Å². The second-order valence-corrected chi connectivity index (χ2v) is 5.86. The monoisotopic (exact) mass is 262 g/mol. The van der Waals surface area contributed by atoms with Crippen molar-refractivity contribution in [1.82, 2.24) is 4.90 Å². The average molecular weight is 262 g/mol. The second kappa shape index (κ2) is 6.40. The minimum atomic E-state index is 0.440. The van der Waals surface area contributed by atoms with Gasteiger partial charge in [0.15, 0.2) is 0 Å². The Bertz CT molecular complexity index is 396. The highest BCUT2D eigenvalue weighted by atomic mass is 16.5. The van der Waals surface area contributed by atoms with Gasteiger partial charge in [0.05, 0.1) is 7.11 Å². The second-order valence-electron chi connectivity index (χ2n) is 5.86. The van der Waals surface area contributed by atoms with Crippen molar-refractivity contribution in [3.8, 4) is 5.75 Å². The third-order valence-electron chi connectivity index (χ3n) is 4.50. The summed E-state index contributed by atoms with van der Waals surface area (Å²) in [5.41, 5.74) is 7.61. The van der Waals surface area contributed by atoms with Crippen molar-refractivity contribution < 1.29 is 4.74 Å². The standard InChI is InChI=1S/C16H26N2O/c1-18(11-10-16(13-17)8-5-9-16)12-14-6-3-4-7-15(14)19-2/h3-4,6-7H,5,8-13,17H2,1-2H3. The van der Waals surface area contributed by atoms with Gasteiger partial charge < -0.3 is 15.4 Å². The lowest BCUT2D eigenvalue weighted by atomic mass is 9.66. The number of ether oxygens (including phenoxy) is 1. The van der Waals surface area contributed by atoms with Crippen LogP contribution in [0.2, 0.25) is 0 Å². The van der Waals surface area contributed by atoms with E-state index in [4.69, 9.17) is 10.5 Å². The van der Waals surface area contributed by atoms with Crippen LogP contribution in [-0.2, 0) is 6.54 Å². The van der Waals surface area contributed by atoms with Crippen molar-refractivity contribution in [3.63, 3.8) is 0 Å². The van der Waals surface area contributed by atoms with Gasteiger partial charge in [-0.25, -0.2) is 0 Å². The fraction of sp³-hybridized carbons (Fsp3) is 0.625. The normalized spacial score (nSPS) is 17.3. The first kappa shape index (κ1) is 14.4. The van der Waals surface area contributed by atoms with E-state index in [0.717, 1.165) is 25.4 Å². The smallest absolute Gasteiger partial charge is 0.123 e. The molecule has 0 bridgehead atoms. The molecule has 0 saturated heterocycles. The third-order valence-corrected chi connectivity index (χ3v) is 4.50. The molecule has 1 fully saturated rings. The van der Waals surface area contributed by atoms with Gasteiger partial charge in [-0.15, -0.1) is 0 Å². The predicted octanol–water partition coefficient (Wildman–Crippen LogP) is 2.65. The molecular weight excluding hydrogens is 236 g/mol. The zero-order valence-electron chi connectivity index (χ0n) is 12.2. The molecule has 0 aromatic heterocycles. The zero-order valence-corrected chi connectivity index (χ0v) is 12.2. The van der Waals surface area contributed by atoms with Gasteiger partial charge in [0.25, 0.3) is 0 Å². The highest BCUT2D eigenvalue weighted by Gasteiger charge is 2.35. The van der Waals surface area contributed by atoms with Gasteiger partial charge in [-0.3, -0.25) is 0 Å².